The first kappa shape index (κ1) is 18.5. The second-order valence-corrected chi connectivity index (χ2v) is 7.66. The largest absolute Gasteiger partial charge is 0.459 e. The molecule has 1 aromatic carbocycles. The molecule has 0 saturated heterocycles. The summed E-state index contributed by atoms with van der Waals surface area (Å²) in [6, 6.07) is 9.17. The van der Waals surface area contributed by atoms with Gasteiger partial charge in [0.05, 0.1) is 11.2 Å². The number of ether oxygens (including phenoxy) is 1. The number of sulfone groups is 1. The molecule has 0 fully saturated rings. The highest BCUT2D eigenvalue weighted by Gasteiger charge is 2.29. The van der Waals surface area contributed by atoms with Crippen LogP contribution in [0.5, 0.6) is 0 Å². The van der Waals surface area contributed by atoms with Crippen molar-refractivity contribution in [3.8, 4) is 11.7 Å². The minimum absolute atomic E-state index is 0.0578. The molecule has 0 aliphatic heterocycles. The van der Waals surface area contributed by atoms with Crippen LogP contribution in [0.2, 0.25) is 5.02 Å². The lowest BCUT2D eigenvalue weighted by Crippen LogP contribution is -2.09. The monoisotopic (exact) mass is 396 g/mol. The molecule has 138 valence electrons. The minimum Gasteiger partial charge on any atom is -0.459 e. The van der Waals surface area contributed by atoms with Crippen molar-refractivity contribution in [3.05, 3.63) is 47.7 Å². The molecule has 0 aliphatic carbocycles. The molecule has 3 aromatic rings. The number of rotatable bonds is 8. The van der Waals surface area contributed by atoms with Crippen molar-refractivity contribution in [1.29, 1.82) is 0 Å². The zero-order valence-corrected chi connectivity index (χ0v) is 15.5. The average molecular weight is 397 g/mol. The molecule has 26 heavy (non-hydrogen) atoms. The molecule has 1 N–H and O–H groups in total. The Morgan fingerprint density at radius 3 is 2.65 bits per heavy atom. The summed E-state index contributed by atoms with van der Waals surface area (Å²) in [5.41, 5.74) is 0. The first-order valence-corrected chi connectivity index (χ1v) is 9.66. The molecule has 9 heteroatoms. The van der Waals surface area contributed by atoms with Gasteiger partial charge in [-0.1, -0.05) is 11.6 Å². The van der Waals surface area contributed by atoms with E-state index in [0.29, 0.717) is 30.4 Å². The number of halogens is 1. The van der Waals surface area contributed by atoms with Crippen LogP contribution >= 0.6 is 11.6 Å². The van der Waals surface area contributed by atoms with Crippen LogP contribution in [0.1, 0.15) is 6.42 Å². The number of benzene rings is 1. The van der Waals surface area contributed by atoms with Crippen LogP contribution in [0.15, 0.2) is 61.4 Å². The third-order valence-electron chi connectivity index (χ3n) is 3.52. The van der Waals surface area contributed by atoms with Crippen molar-refractivity contribution < 1.29 is 22.0 Å². The molecule has 0 spiro atoms. The summed E-state index contributed by atoms with van der Waals surface area (Å²) in [4.78, 5) is 4.22. The Balaban J connectivity index is 1.99. The Morgan fingerprint density at radius 1 is 1.23 bits per heavy atom. The highest BCUT2D eigenvalue weighted by molar-refractivity contribution is 7.91. The van der Waals surface area contributed by atoms with Gasteiger partial charge in [0.2, 0.25) is 20.7 Å². The Morgan fingerprint density at radius 2 is 2.00 bits per heavy atom. The maximum absolute atomic E-state index is 13.0. The maximum atomic E-state index is 13.0. The molecule has 0 atom stereocenters. The van der Waals surface area contributed by atoms with E-state index in [4.69, 9.17) is 25.2 Å². The summed E-state index contributed by atoms with van der Waals surface area (Å²) in [5, 5.41) is 3.20. The van der Waals surface area contributed by atoms with Crippen LogP contribution in [-0.2, 0) is 14.6 Å². The van der Waals surface area contributed by atoms with E-state index in [-0.39, 0.29) is 21.7 Å². The summed E-state index contributed by atoms with van der Waals surface area (Å²) in [7, 11) is -2.30. The highest BCUT2D eigenvalue weighted by atomic mass is 35.5. The van der Waals surface area contributed by atoms with E-state index < -0.39 is 9.84 Å². The molecule has 2 heterocycles. The first-order chi connectivity index (χ1) is 12.5. The minimum atomic E-state index is -3.90. The molecule has 7 nitrogen and oxygen atoms in total. The molecule has 0 bridgehead atoms. The van der Waals surface area contributed by atoms with Crippen molar-refractivity contribution >= 4 is 27.3 Å². The molecule has 0 radical (unpaired) electrons. The van der Waals surface area contributed by atoms with Gasteiger partial charge in [-0.2, -0.15) is 4.98 Å². The first-order valence-electron chi connectivity index (χ1n) is 7.80. The quantitative estimate of drug-likeness (QED) is 0.577. The fourth-order valence-corrected chi connectivity index (χ4v) is 3.65. The second kappa shape index (κ2) is 7.94. The van der Waals surface area contributed by atoms with Crippen LogP contribution in [0, 0.1) is 0 Å². The number of anilines is 1. The lowest BCUT2D eigenvalue weighted by atomic mass is 10.4. The van der Waals surface area contributed by atoms with Crippen LogP contribution in [0.4, 0.5) is 5.88 Å². The summed E-state index contributed by atoms with van der Waals surface area (Å²) < 4.78 is 41.8. The predicted molar refractivity (Wildman–Crippen MR) is 96.1 cm³/mol. The average Bonchev–Trinajstić information content (AvgIpc) is 3.29. The summed E-state index contributed by atoms with van der Waals surface area (Å²) in [5.74, 6) is 0.474. The SMILES string of the molecule is COCCCNc1oc(-c2ccco2)nc1S(=O)(=O)c1ccc(Cl)cc1. The van der Waals surface area contributed by atoms with Crippen LogP contribution < -0.4 is 5.32 Å². The van der Waals surface area contributed by atoms with Crippen molar-refractivity contribution in [2.75, 3.05) is 25.6 Å². The van der Waals surface area contributed by atoms with Crippen molar-refractivity contribution in [2.45, 2.75) is 16.3 Å². The maximum Gasteiger partial charge on any atom is 0.266 e. The number of nitrogens with zero attached hydrogens (tertiary/aromatic N) is 1. The Labute approximate surface area is 155 Å². The zero-order valence-electron chi connectivity index (χ0n) is 13.9. The summed E-state index contributed by atoms with van der Waals surface area (Å²) in [6.07, 6.45) is 2.13. The molecule has 3 rings (SSSR count). The zero-order chi connectivity index (χ0) is 18.6. The third kappa shape index (κ3) is 3.92. The fraction of sp³-hybridized carbons (Fsp3) is 0.235. The number of furan rings is 1. The van der Waals surface area contributed by atoms with Gasteiger partial charge in [-0.05, 0) is 42.8 Å². The van der Waals surface area contributed by atoms with Gasteiger partial charge in [0.1, 0.15) is 0 Å². The lowest BCUT2D eigenvalue weighted by molar-refractivity contribution is 0.197. The molecular formula is C17H17ClN2O5S. The number of oxazole rings is 1. The number of hydrogen-bond donors (Lipinski definition) is 1. The van der Waals surface area contributed by atoms with Crippen LogP contribution in [0.3, 0.4) is 0 Å². The van der Waals surface area contributed by atoms with Gasteiger partial charge in [-0.3, -0.25) is 0 Å². The Bertz CT molecular complexity index is 950. The molecular weight excluding hydrogens is 380 g/mol. The number of nitrogens with one attached hydrogen (secondary N) is 1. The molecule has 0 aliphatic rings. The van der Waals surface area contributed by atoms with Crippen molar-refractivity contribution in [2.24, 2.45) is 0 Å². The van der Waals surface area contributed by atoms with E-state index in [1.165, 1.54) is 30.5 Å². The van der Waals surface area contributed by atoms with Gasteiger partial charge < -0.3 is 18.9 Å². The molecule has 2 aromatic heterocycles. The molecule has 0 saturated carbocycles. The van der Waals surface area contributed by atoms with Crippen LogP contribution in [0.25, 0.3) is 11.7 Å². The molecule has 0 unspecified atom stereocenters. The number of methoxy groups -OCH3 is 1. The highest BCUT2D eigenvalue weighted by Crippen LogP contribution is 2.32. The van der Waals surface area contributed by atoms with Crippen molar-refractivity contribution in [1.82, 2.24) is 4.98 Å². The van der Waals surface area contributed by atoms with E-state index in [2.05, 4.69) is 10.3 Å². The topological polar surface area (TPSA) is 94.6 Å². The Hall–Kier alpha value is -2.29. The van der Waals surface area contributed by atoms with Gasteiger partial charge in [0, 0.05) is 25.3 Å². The van der Waals surface area contributed by atoms with Gasteiger partial charge >= 0.3 is 0 Å². The Kier molecular flexibility index (Phi) is 5.65. The fourth-order valence-electron chi connectivity index (χ4n) is 2.25. The third-order valence-corrected chi connectivity index (χ3v) is 5.45. The van der Waals surface area contributed by atoms with Gasteiger partial charge in [-0.15, -0.1) is 0 Å². The summed E-state index contributed by atoms with van der Waals surface area (Å²) >= 11 is 5.84. The van der Waals surface area contributed by atoms with Crippen molar-refractivity contribution in [3.63, 3.8) is 0 Å². The number of hydrogen-bond acceptors (Lipinski definition) is 7. The van der Waals surface area contributed by atoms with Gasteiger partial charge in [0.25, 0.3) is 5.89 Å². The number of aromatic nitrogens is 1. The lowest BCUT2D eigenvalue weighted by Gasteiger charge is -2.06. The van der Waals surface area contributed by atoms with E-state index in [9.17, 15) is 8.42 Å². The van der Waals surface area contributed by atoms with E-state index >= 15 is 0 Å². The summed E-state index contributed by atoms with van der Waals surface area (Å²) in [6.45, 7) is 0.995. The van der Waals surface area contributed by atoms with E-state index in [1.807, 2.05) is 0 Å². The second-order valence-electron chi connectivity index (χ2n) is 5.36. The standard InChI is InChI=1S/C17H17ClN2O5S/c1-23-10-3-9-19-16-17(20-15(25-16)14-4-2-11-24-14)26(21,22)13-7-5-12(18)6-8-13/h2,4-8,11,19H,3,9-10H2,1H3. The normalized spacial score (nSPS) is 11.6. The predicted octanol–water partition coefficient (Wildman–Crippen LogP) is 3.87. The van der Waals surface area contributed by atoms with Crippen LogP contribution in [-0.4, -0.2) is 33.7 Å². The van der Waals surface area contributed by atoms with E-state index in [1.54, 1.807) is 19.2 Å². The van der Waals surface area contributed by atoms with Gasteiger partial charge in [0.15, 0.2) is 5.76 Å². The van der Waals surface area contributed by atoms with E-state index in [0.717, 1.165) is 0 Å². The van der Waals surface area contributed by atoms with Gasteiger partial charge in [-0.25, -0.2) is 8.42 Å². The molecule has 0 amide bonds. The smallest absolute Gasteiger partial charge is 0.266 e.